The highest BCUT2D eigenvalue weighted by Gasteiger charge is 2.38. The first-order valence-electron chi connectivity index (χ1n) is 8.97. The second-order valence-electron chi connectivity index (χ2n) is 6.49. The van der Waals surface area contributed by atoms with E-state index in [2.05, 4.69) is 15.5 Å². The van der Waals surface area contributed by atoms with Gasteiger partial charge in [-0.1, -0.05) is 0 Å². The number of nitriles is 1. The van der Waals surface area contributed by atoms with Crippen molar-refractivity contribution in [3.05, 3.63) is 69.5 Å². The molecule has 0 bridgehead atoms. The molecule has 0 unspecified atom stereocenters. The Morgan fingerprint density at radius 2 is 2.03 bits per heavy atom. The van der Waals surface area contributed by atoms with E-state index in [4.69, 9.17) is 14.7 Å². The predicted molar refractivity (Wildman–Crippen MR) is 103 cm³/mol. The maximum atomic E-state index is 13.4. The quantitative estimate of drug-likeness (QED) is 0.700. The Labute approximate surface area is 179 Å². The molecular weight excluding hydrogens is 431 g/mol. The van der Waals surface area contributed by atoms with Gasteiger partial charge in [-0.2, -0.15) is 18.4 Å². The lowest BCUT2D eigenvalue weighted by atomic mass is 10.1. The molecule has 0 fully saturated rings. The van der Waals surface area contributed by atoms with Crippen LogP contribution in [-0.2, 0) is 6.18 Å². The molecule has 0 atom stereocenters. The van der Waals surface area contributed by atoms with Crippen molar-refractivity contribution in [2.45, 2.75) is 13.1 Å². The van der Waals surface area contributed by atoms with Gasteiger partial charge in [0.05, 0.1) is 24.4 Å². The molecular formula is C20H15F3N5O4+. The lowest BCUT2D eigenvalue weighted by Gasteiger charge is -2.17. The summed E-state index contributed by atoms with van der Waals surface area (Å²) >= 11 is 0. The van der Waals surface area contributed by atoms with Gasteiger partial charge in [-0.05, 0) is 30.7 Å². The van der Waals surface area contributed by atoms with Gasteiger partial charge in [0, 0.05) is 21.8 Å². The number of nitroso groups, excluding NO2 is 1. The first-order valence-corrected chi connectivity index (χ1v) is 8.97. The first-order chi connectivity index (χ1) is 15.1. The smallest absolute Gasteiger partial charge is 0.435 e. The van der Waals surface area contributed by atoms with Gasteiger partial charge in [0.2, 0.25) is 12.7 Å². The highest BCUT2D eigenvalue weighted by atomic mass is 19.4. The molecule has 0 aliphatic carbocycles. The Bertz CT molecular complexity index is 1200. The number of amides is 1. The van der Waals surface area contributed by atoms with Crippen LogP contribution < -0.4 is 14.8 Å². The fourth-order valence-electron chi connectivity index (χ4n) is 2.85. The standard InChI is InChI=1S/C20H14F3N5O4/c1-11-16(18(29)25-13-4-3-7-28(30)10-13)19(27-26-17(11)20(21,22)23)32-14-6-5-12(9-24)8-15(14)31-2/h3-8H,10H2,1-2H3/p+1. The van der Waals surface area contributed by atoms with Crippen LogP contribution in [0, 0.1) is 23.2 Å². The van der Waals surface area contributed by atoms with E-state index in [0.717, 1.165) is 6.92 Å². The Kier molecular flexibility index (Phi) is 6.20. The van der Waals surface area contributed by atoms with Gasteiger partial charge in [-0.25, -0.2) is 0 Å². The SMILES string of the molecule is COc1cc(C#N)ccc1Oc1nnc(C(F)(F)F)c(C)c1C(=O)NC1=CC=C[N+](=O)C1. The number of halogens is 3. The Balaban J connectivity index is 2.07. The summed E-state index contributed by atoms with van der Waals surface area (Å²) in [5.74, 6) is -1.39. The molecule has 1 amide bonds. The highest BCUT2D eigenvalue weighted by Crippen LogP contribution is 2.37. The zero-order chi connectivity index (χ0) is 23.5. The van der Waals surface area contributed by atoms with Crippen LogP contribution in [0.5, 0.6) is 17.4 Å². The predicted octanol–water partition coefficient (Wildman–Crippen LogP) is 3.40. The number of nitrogens with one attached hydrogen (secondary N) is 1. The van der Waals surface area contributed by atoms with E-state index in [1.165, 1.54) is 43.7 Å². The van der Waals surface area contributed by atoms with Crippen molar-refractivity contribution in [3.8, 4) is 23.4 Å². The zero-order valence-electron chi connectivity index (χ0n) is 16.7. The van der Waals surface area contributed by atoms with Crippen LogP contribution >= 0.6 is 0 Å². The van der Waals surface area contributed by atoms with E-state index in [1.54, 1.807) is 0 Å². The van der Waals surface area contributed by atoms with Crippen molar-refractivity contribution >= 4 is 5.91 Å². The molecule has 2 heterocycles. The average Bonchev–Trinajstić information content (AvgIpc) is 2.73. The van der Waals surface area contributed by atoms with E-state index < -0.39 is 34.8 Å². The molecule has 9 nitrogen and oxygen atoms in total. The fraction of sp³-hybridized carbons (Fsp3) is 0.200. The summed E-state index contributed by atoms with van der Waals surface area (Å²) in [6.07, 6.45) is -0.827. The number of allylic oxidation sites excluding steroid dienone is 2. The van der Waals surface area contributed by atoms with Crippen LogP contribution in [0.25, 0.3) is 0 Å². The molecule has 1 aromatic carbocycles. The normalized spacial score (nSPS) is 13.2. The van der Waals surface area contributed by atoms with Crippen LogP contribution in [-0.4, -0.2) is 34.5 Å². The van der Waals surface area contributed by atoms with Crippen molar-refractivity contribution in [1.29, 1.82) is 5.26 Å². The number of carbonyl (C=O) groups excluding carboxylic acids is 1. The van der Waals surface area contributed by atoms with Crippen LogP contribution in [0.2, 0.25) is 0 Å². The van der Waals surface area contributed by atoms with Gasteiger partial charge in [0.1, 0.15) is 5.56 Å². The molecule has 3 rings (SSSR count). The third-order valence-corrected chi connectivity index (χ3v) is 4.33. The largest absolute Gasteiger partial charge is 0.493 e. The van der Waals surface area contributed by atoms with E-state index in [0.29, 0.717) is 4.76 Å². The van der Waals surface area contributed by atoms with Gasteiger partial charge < -0.3 is 14.8 Å². The summed E-state index contributed by atoms with van der Waals surface area (Å²) in [6.45, 7) is 0.857. The van der Waals surface area contributed by atoms with E-state index in [1.807, 2.05) is 6.07 Å². The molecule has 1 aliphatic heterocycles. The molecule has 0 radical (unpaired) electrons. The van der Waals surface area contributed by atoms with E-state index in [9.17, 15) is 22.9 Å². The maximum Gasteiger partial charge on any atom is 0.435 e. The molecule has 2 aromatic rings. The Morgan fingerprint density at radius 1 is 1.28 bits per heavy atom. The average molecular weight is 446 g/mol. The molecule has 1 N–H and O–H groups in total. The minimum Gasteiger partial charge on any atom is -0.493 e. The summed E-state index contributed by atoms with van der Waals surface area (Å²) in [5, 5.41) is 18.1. The molecule has 0 saturated carbocycles. The summed E-state index contributed by atoms with van der Waals surface area (Å²) in [6, 6.07) is 6.00. The van der Waals surface area contributed by atoms with E-state index in [-0.39, 0.29) is 29.3 Å². The summed E-state index contributed by atoms with van der Waals surface area (Å²) in [4.78, 5) is 24.4. The second-order valence-corrected chi connectivity index (χ2v) is 6.49. The molecule has 164 valence electrons. The van der Waals surface area contributed by atoms with Crippen LogP contribution in [0.4, 0.5) is 13.2 Å². The third-order valence-electron chi connectivity index (χ3n) is 4.33. The van der Waals surface area contributed by atoms with Crippen molar-refractivity contribution in [3.63, 3.8) is 0 Å². The lowest BCUT2D eigenvalue weighted by molar-refractivity contribution is -0.472. The number of hydrogen-bond acceptors (Lipinski definition) is 7. The molecule has 32 heavy (non-hydrogen) atoms. The molecule has 0 spiro atoms. The Morgan fingerprint density at radius 3 is 2.66 bits per heavy atom. The number of benzene rings is 1. The number of hydrogen-bond donors (Lipinski definition) is 1. The highest BCUT2D eigenvalue weighted by molar-refractivity contribution is 5.99. The summed E-state index contributed by atoms with van der Waals surface area (Å²) in [5.41, 5.74) is -1.98. The Hall–Kier alpha value is -4.27. The topological polar surface area (TPSA) is 117 Å². The zero-order valence-corrected chi connectivity index (χ0v) is 16.7. The number of alkyl halides is 3. The van der Waals surface area contributed by atoms with Gasteiger partial charge in [0.15, 0.2) is 17.2 Å². The number of methoxy groups -OCH3 is 1. The summed E-state index contributed by atoms with van der Waals surface area (Å²) in [7, 11) is 1.30. The molecule has 1 aliphatic rings. The maximum absolute atomic E-state index is 13.4. The lowest BCUT2D eigenvalue weighted by Crippen LogP contribution is -2.30. The number of aromatic nitrogens is 2. The van der Waals surface area contributed by atoms with Gasteiger partial charge >= 0.3 is 6.18 Å². The van der Waals surface area contributed by atoms with Crippen molar-refractivity contribution < 1.29 is 32.2 Å². The minimum atomic E-state index is -4.87. The van der Waals surface area contributed by atoms with Gasteiger partial charge in [0.25, 0.3) is 11.8 Å². The number of carbonyl (C=O) groups is 1. The fourth-order valence-corrected chi connectivity index (χ4v) is 2.85. The molecule has 12 heteroatoms. The van der Waals surface area contributed by atoms with E-state index >= 15 is 0 Å². The van der Waals surface area contributed by atoms with Crippen molar-refractivity contribution in [2.75, 3.05) is 13.7 Å². The molecule has 1 aromatic heterocycles. The van der Waals surface area contributed by atoms with Crippen LogP contribution in [0.3, 0.4) is 0 Å². The number of rotatable bonds is 5. The summed E-state index contributed by atoms with van der Waals surface area (Å²) < 4.78 is 51.3. The number of ether oxygens (including phenoxy) is 2. The van der Waals surface area contributed by atoms with Crippen molar-refractivity contribution in [2.24, 2.45) is 0 Å². The minimum absolute atomic E-state index is 0.000410. The van der Waals surface area contributed by atoms with Crippen LogP contribution in [0.15, 0.2) is 42.2 Å². The van der Waals surface area contributed by atoms with Crippen LogP contribution in [0.1, 0.15) is 27.2 Å². The van der Waals surface area contributed by atoms with Crippen molar-refractivity contribution in [1.82, 2.24) is 15.5 Å². The van der Waals surface area contributed by atoms with Gasteiger partial charge in [-0.3, -0.25) is 4.79 Å². The second kappa shape index (κ2) is 8.84. The third kappa shape index (κ3) is 4.72. The first kappa shape index (κ1) is 22.4. The van der Waals surface area contributed by atoms with Gasteiger partial charge in [-0.15, -0.1) is 10.2 Å². The molecule has 0 saturated heterocycles. The monoisotopic (exact) mass is 446 g/mol. The number of nitrogens with zero attached hydrogens (tertiary/aromatic N) is 4.